The fourth-order valence-corrected chi connectivity index (χ4v) is 4.25. The van der Waals surface area contributed by atoms with Crippen LogP contribution in [0.25, 0.3) is 38.8 Å². The van der Waals surface area contributed by atoms with Crippen LogP contribution >= 0.6 is 0 Å². The number of aliphatic hydroxyl groups is 1. The number of benzene rings is 1. The van der Waals surface area contributed by atoms with Crippen LogP contribution in [-0.2, 0) is 6.54 Å². The molecule has 0 radical (unpaired) electrons. The van der Waals surface area contributed by atoms with E-state index in [1.807, 2.05) is 6.07 Å². The van der Waals surface area contributed by atoms with Crippen molar-refractivity contribution in [1.82, 2.24) is 24.3 Å². The topological polar surface area (TPSA) is 104 Å². The van der Waals surface area contributed by atoms with E-state index in [1.165, 1.54) is 10.6 Å². The average Bonchev–Trinajstić information content (AvgIpc) is 3.23. The van der Waals surface area contributed by atoms with Crippen molar-refractivity contribution >= 4 is 21.9 Å². The van der Waals surface area contributed by atoms with Gasteiger partial charge in [-0.15, -0.1) is 13.2 Å². The highest BCUT2D eigenvalue weighted by Crippen LogP contribution is 2.28. The van der Waals surface area contributed by atoms with E-state index < -0.39 is 23.4 Å². The fraction of sp³-hybridized carbons (Fsp3) is 0.259. The van der Waals surface area contributed by atoms with Gasteiger partial charge in [0.2, 0.25) is 11.8 Å². The summed E-state index contributed by atoms with van der Waals surface area (Å²) in [4.78, 5) is 22.1. The quantitative estimate of drug-likeness (QED) is 0.315. The lowest BCUT2D eigenvalue weighted by Gasteiger charge is -2.16. The van der Waals surface area contributed by atoms with Crippen molar-refractivity contribution in [1.29, 1.82) is 0 Å². The number of fused-ring (bicyclic) bond motifs is 2. The maximum atomic E-state index is 13.9. The highest BCUT2D eigenvalue weighted by atomic mass is 19.4. The molecule has 0 aliphatic heterocycles. The van der Waals surface area contributed by atoms with E-state index in [9.17, 15) is 23.1 Å². The molecule has 0 fully saturated rings. The van der Waals surface area contributed by atoms with Gasteiger partial charge >= 0.3 is 6.36 Å². The minimum Gasteiger partial charge on any atom is -0.478 e. The summed E-state index contributed by atoms with van der Waals surface area (Å²) in [6, 6.07) is 12.8. The molecule has 12 heteroatoms. The van der Waals surface area contributed by atoms with Crippen LogP contribution in [0.3, 0.4) is 0 Å². The van der Waals surface area contributed by atoms with E-state index in [0.717, 1.165) is 17.6 Å². The summed E-state index contributed by atoms with van der Waals surface area (Å²) < 4.78 is 50.2. The van der Waals surface area contributed by atoms with Gasteiger partial charge in [-0.2, -0.15) is 10.1 Å². The van der Waals surface area contributed by atoms with Crippen LogP contribution in [0.15, 0.2) is 65.7 Å². The average molecular weight is 540 g/mol. The molecule has 0 aliphatic carbocycles. The van der Waals surface area contributed by atoms with Crippen molar-refractivity contribution in [2.24, 2.45) is 0 Å². The van der Waals surface area contributed by atoms with Crippen LogP contribution < -0.4 is 15.0 Å². The maximum Gasteiger partial charge on any atom is 0.574 e. The number of nitrogens with zero attached hydrogens (tertiary/aromatic N) is 5. The number of hydrogen-bond donors (Lipinski definition) is 1. The molecule has 0 aliphatic rings. The number of alkyl halides is 3. The zero-order chi connectivity index (χ0) is 27.9. The number of rotatable bonds is 7. The van der Waals surface area contributed by atoms with E-state index in [1.54, 1.807) is 62.0 Å². The molecule has 202 valence electrons. The second kappa shape index (κ2) is 9.70. The Morgan fingerprint density at radius 2 is 1.77 bits per heavy atom. The van der Waals surface area contributed by atoms with Crippen molar-refractivity contribution in [3.63, 3.8) is 0 Å². The van der Waals surface area contributed by atoms with Crippen molar-refractivity contribution in [2.45, 2.75) is 39.3 Å². The van der Waals surface area contributed by atoms with E-state index in [4.69, 9.17) is 4.74 Å². The van der Waals surface area contributed by atoms with E-state index in [2.05, 4.69) is 19.8 Å². The maximum absolute atomic E-state index is 13.9. The normalized spacial score (nSPS) is 12.3. The van der Waals surface area contributed by atoms with E-state index in [-0.39, 0.29) is 23.8 Å². The monoisotopic (exact) mass is 539 g/mol. The third-order valence-corrected chi connectivity index (χ3v) is 5.73. The zero-order valence-electron chi connectivity index (χ0n) is 21.2. The summed E-state index contributed by atoms with van der Waals surface area (Å²) in [5.74, 6) is -0.368. The summed E-state index contributed by atoms with van der Waals surface area (Å²) in [6.07, 6.45) is -1.99. The number of aromatic nitrogens is 5. The molecule has 1 N–H and O–H groups in total. The summed E-state index contributed by atoms with van der Waals surface area (Å²) in [5.41, 5.74) is 0.654. The van der Waals surface area contributed by atoms with Crippen LogP contribution in [0, 0.1) is 0 Å². The highest BCUT2D eigenvalue weighted by Gasteiger charge is 2.31. The molecule has 0 saturated carbocycles. The summed E-state index contributed by atoms with van der Waals surface area (Å²) in [7, 11) is 0. The summed E-state index contributed by atoms with van der Waals surface area (Å²) in [5, 5.41) is 16.0. The molecule has 5 rings (SSSR count). The zero-order valence-corrected chi connectivity index (χ0v) is 21.2. The molecule has 4 heterocycles. The third kappa shape index (κ3) is 5.70. The molecule has 0 unspecified atom stereocenters. The number of halogens is 3. The Morgan fingerprint density at radius 1 is 1.00 bits per heavy atom. The minimum absolute atomic E-state index is 0.196. The van der Waals surface area contributed by atoms with Crippen molar-refractivity contribution in [3.8, 4) is 28.6 Å². The fourth-order valence-electron chi connectivity index (χ4n) is 4.25. The molecule has 0 saturated heterocycles. The first-order chi connectivity index (χ1) is 18.4. The van der Waals surface area contributed by atoms with E-state index in [0.29, 0.717) is 28.6 Å². The molecule has 39 heavy (non-hydrogen) atoms. The second-order valence-electron chi connectivity index (χ2n) is 9.51. The van der Waals surface area contributed by atoms with Gasteiger partial charge in [0.1, 0.15) is 0 Å². The van der Waals surface area contributed by atoms with Gasteiger partial charge in [0.15, 0.2) is 5.65 Å². The lowest BCUT2D eigenvalue weighted by molar-refractivity contribution is -0.276. The molecule has 9 nitrogen and oxygen atoms in total. The summed E-state index contributed by atoms with van der Waals surface area (Å²) >= 11 is 0. The minimum atomic E-state index is -4.90. The Morgan fingerprint density at radius 3 is 2.44 bits per heavy atom. The van der Waals surface area contributed by atoms with Gasteiger partial charge in [-0.05, 0) is 56.7 Å². The van der Waals surface area contributed by atoms with Gasteiger partial charge in [-0.25, -0.2) is 4.98 Å². The van der Waals surface area contributed by atoms with Gasteiger partial charge in [-0.3, -0.25) is 14.0 Å². The van der Waals surface area contributed by atoms with Gasteiger partial charge in [0, 0.05) is 34.7 Å². The van der Waals surface area contributed by atoms with Gasteiger partial charge < -0.3 is 14.6 Å². The number of pyridine rings is 3. The lowest BCUT2D eigenvalue weighted by Crippen LogP contribution is -2.26. The van der Waals surface area contributed by atoms with Gasteiger partial charge in [0.25, 0.3) is 5.56 Å². The largest absolute Gasteiger partial charge is 0.574 e. The summed E-state index contributed by atoms with van der Waals surface area (Å²) in [6.45, 7) is 5.81. The SMILES string of the molecule is CCOc1ccc2cc(-c3ccc4nn(CC(C)(C)O)cc4c3)c(=O)n(-c3ccc(OC(F)(F)F)nc3)c2n1. The van der Waals surface area contributed by atoms with Crippen LogP contribution in [-0.4, -0.2) is 48.0 Å². The third-order valence-electron chi connectivity index (χ3n) is 5.73. The smallest absolute Gasteiger partial charge is 0.478 e. The van der Waals surface area contributed by atoms with Gasteiger partial charge in [-0.1, -0.05) is 6.07 Å². The van der Waals surface area contributed by atoms with Crippen LogP contribution in [0.2, 0.25) is 0 Å². The molecule has 4 aromatic heterocycles. The van der Waals surface area contributed by atoms with E-state index >= 15 is 0 Å². The van der Waals surface area contributed by atoms with Crippen LogP contribution in [0.4, 0.5) is 13.2 Å². The first kappa shape index (κ1) is 26.2. The Labute approximate surface area is 220 Å². The van der Waals surface area contributed by atoms with Crippen molar-refractivity contribution in [3.05, 3.63) is 71.3 Å². The first-order valence-corrected chi connectivity index (χ1v) is 12.0. The molecule has 0 bridgehead atoms. The van der Waals surface area contributed by atoms with Crippen molar-refractivity contribution < 1.29 is 27.8 Å². The Balaban J connectivity index is 1.67. The van der Waals surface area contributed by atoms with Crippen molar-refractivity contribution in [2.75, 3.05) is 6.61 Å². The second-order valence-corrected chi connectivity index (χ2v) is 9.51. The number of ether oxygens (including phenoxy) is 2. The molecular formula is C27H24F3N5O4. The molecule has 0 spiro atoms. The molecule has 0 amide bonds. The predicted octanol–water partition coefficient (Wildman–Crippen LogP) is 4.87. The Bertz CT molecular complexity index is 1720. The lowest BCUT2D eigenvalue weighted by atomic mass is 10.0. The predicted molar refractivity (Wildman–Crippen MR) is 138 cm³/mol. The van der Waals surface area contributed by atoms with Crippen LogP contribution in [0.1, 0.15) is 20.8 Å². The van der Waals surface area contributed by atoms with Crippen LogP contribution in [0.5, 0.6) is 11.8 Å². The highest BCUT2D eigenvalue weighted by molar-refractivity contribution is 5.88. The molecule has 1 aromatic carbocycles. The molecule has 0 atom stereocenters. The number of hydrogen-bond acceptors (Lipinski definition) is 7. The standard InChI is InChI=1S/C27H24F3N5O4/c1-4-38-23-9-6-17-12-20(16-5-8-21-18(11-16)14-34(33-21)15-26(2,3)37)25(36)35(24(17)32-23)19-7-10-22(31-13-19)39-27(28,29)30/h5-14,37H,4,15H2,1-3H3. The molecule has 5 aromatic rings. The van der Waals surface area contributed by atoms with Gasteiger partial charge in [0.05, 0.1) is 36.2 Å². The Kier molecular flexibility index (Phi) is 6.51. The first-order valence-electron chi connectivity index (χ1n) is 12.0. The molecular weight excluding hydrogens is 515 g/mol. The Hall–Kier alpha value is -4.45.